The van der Waals surface area contributed by atoms with Crippen molar-refractivity contribution in [1.82, 2.24) is 4.90 Å². The maximum absolute atomic E-state index is 12.1. The van der Waals surface area contributed by atoms with Gasteiger partial charge < -0.3 is 9.47 Å². The van der Waals surface area contributed by atoms with Gasteiger partial charge in [0.05, 0.1) is 26.7 Å². The normalized spacial score (nSPS) is 18.3. The molecule has 1 atom stereocenters. The van der Waals surface area contributed by atoms with Crippen LogP contribution in [-0.4, -0.2) is 56.6 Å². The summed E-state index contributed by atoms with van der Waals surface area (Å²) in [5.74, 6) is -0.422. The fourth-order valence-corrected chi connectivity index (χ4v) is 2.26. The Morgan fingerprint density at radius 2 is 1.89 bits per heavy atom. The average molecular weight is 271 g/mol. The first kappa shape index (κ1) is 16.1. The maximum atomic E-state index is 12.1. The summed E-state index contributed by atoms with van der Waals surface area (Å²) in [7, 11) is 1.36. The molecule has 5 nitrogen and oxygen atoms in total. The predicted octanol–water partition coefficient (Wildman–Crippen LogP) is 1.11. The van der Waals surface area contributed by atoms with Crippen LogP contribution < -0.4 is 0 Å². The minimum Gasteiger partial charge on any atom is -0.469 e. The summed E-state index contributed by atoms with van der Waals surface area (Å²) >= 11 is 0. The van der Waals surface area contributed by atoms with Gasteiger partial charge in [0.25, 0.3) is 0 Å². The van der Waals surface area contributed by atoms with Gasteiger partial charge in [0.1, 0.15) is 5.78 Å². The van der Waals surface area contributed by atoms with Crippen molar-refractivity contribution in [1.29, 1.82) is 0 Å². The molecule has 19 heavy (non-hydrogen) atoms. The fourth-order valence-electron chi connectivity index (χ4n) is 2.26. The molecule has 0 bridgehead atoms. The summed E-state index contributed by atoms with van der Waals surface area (Å²) in [5, 5.41) is 0. The molecule has 1 unspecified atom stereocenters. The number of morpholine rings is 1. The van der Waals surface area contributed by atoms with Gasteiger partial charge in [0, 0.05) is 24.9 Å². The van der Waals surface area contributed by atoms with Crippen molar-refractivity contribution in [2.24, 2.45) is 11.8 Å². The highest BCUT2D eigenvalue weighted by molar-refractivity contribution is 5.86. The number of carbonyl (C=O) groups excluding carboxylic acids is 2. The molecule has 1 heterocycles. The van der Waals surface area contributed by atoms with E-state index in [0.717, 1.165) is 32.8 Å². The van der Waals surface area contributed by atoms with Gasteiger partial charge in [-0.25, -0.2) is 0 Å². The summed E-state index contributed by atoms with van der Waals surface area (Å²) in [6.07, 6.45) is 0.907. The Hall–Kier alpha value is -0.940. The number of ketones is 1. The van der Waals surface area contributed by atoms with Gasteiger partial charge in [-0.3, -0.25) is 14.5 Å². The van der Waals surface area contributed by atoms with Gasteiger partial charge in [-0.15, -0.1) is 0 Å². The zero-order chi connectivity index (χ0) is 14.3. The molecule has 0 spiro atoms. The average Bonchev–Trinajstić information content (AvgIpc) is 2.43. The van der Waals surface area contributed by atoms with Crippen molar-refractivity contribution in [2.45, 2.75) is 26.7 Å². The minimum atomic E-state index is -0.305. The summed E-state index contributed by atoms with van der Waals surface area (Å²) in [6, 6.07) is 0. The molecule has 110 valence electrons. The molecule has 0 aromatic heterocycles. The van der Waals surface area contributed by atoms with Crippen LogP contribution in [-0.2, 0) is 19.1 Å². The first-order valence-electron chi connectivity index (χ1n) is 6.95. The lowest BCUT2D eigenvalue weighted by Crippen LogP contribution is -2.38. The van der Waals surface area contributed by atoms with E-state index in [1.54, 1.807) is 0 Å². The van der Waals surface area contributed by atoms with E-state index in [9.17, 15) is 9.59 Å². The molecule has 0 N–H and O–H groups in total. The van der Waals surface area contributed by atoms with E-state index in [2.05, 4.69) is 9.64 Å². The number of ether oxygens (including phenoxy) is 2. The number of esters is 1. The van der Waals surface area contributed by atoms with Crippen LogP contribution in [0, 0.1) is 11.8 Å². The number of methoxy groups -OCH3 is 1. The lowest BCUT2D eigenvalue weighted by atomic mass is 9.89. The molecule has 1 fully saturated rings. The predicted molar refractivity (Wildman–Crippen MR) is 71.8 cm³/mol. The molecule has 0 aromatic rings. The van der Waals surface area contributed by atoms with Crippen molar-refractivity contribution in [2.75, 3.05) is 40.0 Å². The Balaban J connectivity index is 2.47. The summed E-state index contributed by atoms with van der Waals surface area (Å²) in [4.78, 5) is 25.8. The van der Waals surface area contributed by atoms with E-state index in [1.807, 2.05) is 13.8 Å². The first-order chi connectivity index (χ1) is 9.04. The zero-order valence-electron chi connectivity index (χ0n) is 12.2. The third-order valence-corrected chi connectivity index (χ3v) is 3.51. The molecular weight excluding hydrogens is 246 g/mol. The molecular formula is C14H25NO4. The Bertz CT molecular complexity index is 298. The monoisotopic (exact) mass is 271 g/mol. The highest BCUT2D eigenvalue weighted by Gasteiger charge is 2.25. The Kier molecular flexibility index (Phi) is 7.02. The van der Waals surface area contributed by atoms with Crippen molar-refractivity contribution in [3.8, 4) is 0 Å². The summed E-state index contributed by atoms with van der Waals surface area (Å²) in [6.45, 7) is 7.90. The molecule has 0 amide bonds. The van der Waals surface area contributed by atoms with Gasteiger partial charge in [-0.1, -0.05) is 13.8 Å². The number of carbonyl (C=O) groups is 2. The Morgan fingerprint density at radius 1 is 1.26 bits per heavy atom. The molecule has 1 aliphatic heterocycles. The smallest absolute Gasteiger partial charge is 0.306 e. The molecule has 1 aliphatic rings. The number of rotatable bonds is 7. The van der Waals surface area contributed by atoms with Crippen molar-refractivity contribution < 1.29 is 19.1 Å². The SMILES string of the molecule is COC(=O)CC(CCN1CCOCC1)C(=O)C(C)C. The second-order valence-electron chi connectivity index (χ2n) is 5.28. The molecule has 0 radical (unpaired) electrons. The molecule has 1 rings (SSSR count). The Morgan fingerprint density at radius 3 is 2.42 bits per heavy atom. The van der Waals surface area contributed by atoms with E-state index in [0.29, 0.717) is 6.42 Å². The van der Waals surface area contributed by atoms with Crippen molar-refractivity contribution >= 4 is 11.8 Å². The summed E-state index contributed by atoms with van der Waals surface area (Å²) < 4.78 is 9.97. The number of Topliss-reactive ketones (excluding diaryl/α,β-unsaturated/α-hetero) is 1. The molecule has 0 aliphatic carbocycles. The third kappa shape index (κ3) is 5.70. The minimum absolute atomic E-state index is 0.0423. The number of nitrogens with zero attached hydrogens (tertiary/aromatic N) is 1. The van der Waals surface area contributed by atoms with Crippen LogP contribution in [0.1, 0.15) is 26.7 Å². The first-order valence-corrected chi connectivity index (χ1v) is 6.95. The zero-order valence-corrected chi connectivity index (χ0v) is 12.2. The third-order valence-electron chi connectivity index (χ3n) is 3.51. The number of hydrogen-bond donors (Lipinski definition) is 0. The highest BCUT2D eigenvalue weighted by Crippen LogP contribution is 2.17. The van der Waals surface area contributed by atoms with E-state index in [4.69, 9.17) is 4.74 Å². The van der Waals surface area contributed by atoms with Gasteiger partial charge in [0.2, 0.25) is 0 Å². The van der Waals surface area contributed by atoms with Crippen LogP contribution in [0.4, 0.5) is 0 Å². The second kappa shape index (κ2) is 8.27. The lowest BCUT2D eigenvalue weighted by Gasteiger charge is -2.28. The van der Waals surface area contributed by atoms with E-state index < -0.39 is 0 Å². The van der Waals surface area contributed by atoms with Crippen LogP contribution >= 0.6 is 0 Å². The van der Waals surface area contributed by atoms with E-state index in [1.165, 1.54) is 7.11 Å². The van der Waals surface area contributed by atoms with Crippen molar-refractivity contribution in [3.05, 3.63) is 0 Å². The lowest BCUT2D eigenvalue weighted by molar-refractivity contribution is -0.144. The van der Waals surface area contributed by atoms with Gasteiger partial charge >= 0.3 is 5.97 Å². The van der Waals surface area contributed by atoms with Gasteiger partial charge in [0.15, 0.2) is 0 Å². The fraction of sp³-hybridized carbons (Fsp3) is 0.857. The highest BCUT2D eigenvalue weighted by atomic mass is 16.5. The molecule has 0 aromatic carbocycles. The quantitative estimate of drug-likeness (QED) is 0.649. The van der Waals surface area contributed by atoms with E-state index >= 15 is 0 Å². The van der Waals surface area contributed by atoms with Crippen LogP contribution in [0.5, 0.6) is 0 Å². The standard InChI is InChI=1S/C14H25NO4/c1-11(2)14(17)12(10-13(16)18-3)4-5-15-6-8-19-9-7-15/h11-12H,4-10H2,1-3H3. The topological polar surface area (TPSA) is 55.8 Å². The molecule has 1 saturated heterocycles. The van der Waals surface area contributed by atoms with Crippen molar-refractivity contribution in [3.63, 3.8) is 0 Å². The second-order valence-corrected chi connectivity index (χ2v) is 5.28. The maximum Gasteiger partial charge on any atom is 0.306 e. The Labute approximate surface area is 115 Å². The van der Waals surface area contributed by atoms with Crippen LogP contribution in [0.25, 0.3) is 0 Å². The van der Waals surface area contributed by atoms with Crippen LogP contribution in [0.2, 0.25) is 0 Å². The summed E-state index contributed by atoms with van der Waals surface area (Å²) in [5.41, 5.74) is 0. The molecule has 0 saturated carbocycles. The van der Waals surface area contributed by atoms with Gasteiger partial charge in [-0.2, -0.15) is 0 Å². The van der Waals surface area contributed by atoms with E-state index in [-0.39, 0.29) is 30.0 Å². The van der Waals surface area contributed by atoms with Gasteiger partial charge in [-0.05, 0) is 13.0 Å². The van der Waals surface area contributed by atoms with Crippen LogP contribution in [0.3, 0.4) is 0 Å². The van der Waals surface area contributed by atoms with Crippen LogP contribution in [0.15, 0.2) is 0 Å². The molecule has 5 heteroatoms. The largest absolute Gasteiger partial charge is 0.469 e. The number of hydrogen-bond acceptors (Lipinski definition) is 5.